The zero-order valence-electron chi connectivity index (χ0n) is 6.26. The van der Waals surface area contributed by atoms with Gasteiger partial charge in [0.15, 0.2) is 0 Å². The fraction of sp³-hybridized carbons (Fsp3) is 0.571. The van der Waals surface area contributed by atoms with Crippen LogP contribution in [0, 0.1) is 5.92 Å². The third-order valence-corrected chi connectivity index (χ3v) is 1.63. The second-order valence-corrected chi connectivity index (χ2v) is 2.72. The van der Waals surface area contributed by atoms with E-state index < -0.39 is 0 Å². The van der Waals surface area contributed by atoms with Crippen molar-refractivity contribution in [1.82, 2.24) is 5.32 Å². The Balaban J connectivity index is 3.30. The van der Waals surface area contributed by atoms with Gasteiger partial charge in [-0.25, -0.2) is 0 Å². The molecule has 0 rings (SSSR count). The maximum atomic E-state index is 5.38. The van der Waals surface area contributed by atoms with Crippen LogP contribution in [0.2, 0.25) is 0 Å². The summed E-state index contributed by atoms with van der Waals surface area (Å²) in [6.07, 6.45) is 1.81. The molecule has 1 atom stereocenters. The highest BCUT2D eigenvalue weighted by molar-refractivity contribution is 7.80. The lowest BCUT2D eigenvalue weighted by Gasteiger charge is -2.08. The molecular formula is C7H14N2S. The molecule has 0 aromatic rings. The standard InChI is InChI=1S/C7H14N2S/c1-3-4-9-5-6(2)7(8)10/h3,6,9H,1,4-5H2,2H3,(H2,8,10). The third-order valence-electron chi connectivity index (χ3n) is 1.22. The predicted molar refractivity (Wildman–Crippen MR) is 49.0 cm³/mol. The lowest BCUT2D eigenvalue weighted by atomic mass is 10.2. The Morgan fingerprint density at radius 1 is 1.90 bits per heavy atom. The van der Waals surface area contributed by atoms with E-state index in [-0.39, 0.29) is 5.92 Å². The lowest BCUT2D eigenvalue weighted by Crippen LogP contribution is -2.29. The second kappa shape index (κ2) is 5.38. The maximum absolute atomic E-state index is 5.38. The van der Waals surface area contributed by atoms with Gasteiger partial charge in [-0.1, -0.05) is 25.2 Å². The van der Waals surface area contributed by atoms with Gasteiger partial charge in [0.25, 0.3) is 0 Å². The van der Waals surface area contributed by atoms with Gasteiger partial charge < -0.3 is 11.1 Å². The van der Waals surface area contributed by atoms with Gasteiger partial charge in [0.1, 0.15) is 0 Å². The van der Waals surface area contributed by atoms with Crippen molar-refractivity contribution >= 4 is 17.2 Å². The smallest absolute Gasteiger partial charge is 0.0768 e. The molecule has 0 saturated heterocycles. The van der Waals surface area contributed by atoms with Crippen molar-refractivity contribution in [1.29, 1.82) is 0 Å². The molecule has 3 heteroatoms. The number of nitrogens with two attached hydrogens (primary N) is 1. The van der Waals surface area contributed by atoms with Crippen molar-refractivity contribution in [2.24, 2.45) is 11.7 Å². The van der Waals surface area contributed by atoms with Gasteiger partial charge in [0.05, 0.1) is 4.99 Å². The van der Waals surface area contributed by atoms with Gasteiger partial charge in [0.2, 0.25) is 0 Å². The van der Waals surface area contributed by atoms with Crippen molar-refractivity contribution in [3.8, 4) is 0 Å². The second-order valence-electron chi connectivity index (χ2n) is 2.25. The molecule has 1 unspecified atom stereocenters. The van der Waals surface area contributed by atoms with E-state index in [0.29, 0.717) is 4.99 Å². The summed E-state index contributed by atoms with van der Waals surface area (Å²) in [6, 6.07) is 0. The average molecular weight is 158 g/mol. The molecule has 0 bridgehead atoms. The van der Waals surface area contributed by atoms with Crippen LogP contribution in [0.15, 0.2) is 12.7 Å². The van der Waals surface area contributed by atoms with Crippen LogP contribution in [0.25, 0.3) is 0 Å². The Morgan fingerprint density at radius 2 is 2.50 bits per heavy atom. The number of rotatable bonds is 5. The Labute approximate surface area is 67.5 Å². The minimum atomic E-state index is 0.273. The van der Waals surface area contributed by atoms with Crippen LogP contribution in [0.3, 0.4) is 0 Å². The first-order chi connectivity index (χ1) is 4.68. The Bertz CT molecular complexity index is 123. The molecule has 0 aromatic heterocycles. The molecule has 0 radical (unpaired) electrons. The predicted octanol–water partition coefficient (Wildman–Crippen LogP) is 0.684. The van der Waals surface area contributed by atoms with Crippen LogP contribution in [-0.4, -0.2) is 18.1 Å². The summed E-state index contributed by atoms with van der Waals surface area (Å²) < 4.78 is 0. The molecule has 0 spiro atoms. The largest absolute Gasteiger partial charge is 0.393 e. The summed E-state index contributed by atoms with van der Waals surface area (Å²) in [5, 5.41) is 3.13. The van der Waals surface area contributed by atoms with E-state index in [4.69, 9.17) is 18.0 Å². The number of nitrogens with one attached hydrogen (secondary N) is 1. The van der Waals surface area contributed by atoms with E-state index in [0.717, 1.165) is 13.1 Å². The Morgan fingerprint density at radius 3 is 2.90 bits per heavy atom. The minimum Gasteiger partial charge on any atom is -0.393 e. The zero-order chi connectivity index (χ0) is 7.98. The third kappa shape index (κ3) is 4.47. The number of thiocarbonyl (C=S) groups is 1. The van der Waals surface area contributed by atoms with Gasteiger partial charge >= 0.3 is 0 Å². The number of hydrogen-bond donors (Lipinski definition) is 2. The first kappa shape index (κ1) is 9.59. The van der Waals surface area contributed by atoms with Crippen LogP contribution < -0.4 is 11.1 Å². The average Bonchev–Trinajstić information content (AvgIpc) is 1.88. The summed E-state index contributed by atoms with van der Waals surface area (Å²) in [5.41, 5.74) is 5.38. The monoisotopic (exact) mass is 158 g/mol. The summed E-state index contributed by atoms with van der Waals surface area (Å²) in [5.74, 6) is 0.273. The fourth-order valence-electron chi connectivity index (χ4n) is 0.502. The molecule has 0 saturated carbocycles. The summed E-state index contributed by atoms with van der Waals surface area (Å²) in [6.45, 7) is 7.22. The molecule has 2 nitrogen and oxygen atoms in total. The van der Waals surface area contributed by atoms with Gasteiger partial charge in [-0.15, -0.1) is 6.58 Å². The molecule has 0 aromatic carbocycles. The van der Waals surface area contributed by atoms with E-state index in [1.807, 2.05) is 13.0 Å². The highest BCUT2D eigenvalue weighted by Crippen LogP contribution is 1.90. The quantitative estimate of drug-likeness (QED) is 0.351. The Kier molecular flexibility index (Phi) is 5.16. The Hall–Kier alpha value is -0.410. The van der Waals surface area contributed by atoms with Gasteiger partial charge in [0, 0.05) is 19.0 Å². The molecule has 0 aliphatic heterocycles. The molecular weight excluding hydrogens is 144 g/mol. The highest BCUT2D eigenvalue weighted by Gasteiger charge is 2.01. The SMILES string of the molecule is C=CCNCC(C)C(N)=S. The zero-order valence-corrected chi connectivity index (χ0v) is 7.08. The van der Waals surface area contributed by atoms with Crippen molar-refractivity contribution < 1.29 is 0 Å². The van der Waals surface area contributed by atoms with Crippen LogP contribution in [-0.2, 0) is 0 Å². The van der Waals surface area contributed by atoms with Crippen molar-refractivity contribution in [2.45, 2.75) is 6.92 Å². The molecule has 58 valence electrons. The molecule has 0 aliphatic carbocycles. The summed E-state index contributed by atoms with van der Waals surface area (Å²) in [7, 11) is 0. The van der Waals surface area contributed by atoms with Crippen molar-refractivity contribution in [3.05, 3.63) is 12.7 Å². The molecule has 0 amide bonds. The van der Waals surface area contributed by atoms with E-state index in [1.165, 1.54) is 0 Å². The van der Waals surface area contributed by atoms with Crippen LogP contribution in [0.4, 0.5) is 0 Å². The van der Waals surface area contributed by atoms with Gasteiger partial charge in [-0.3, -0.25) is 0 Å². The van der Waals surface area contributed by atoms with Crippen molar-refractivity contribution in [2.75, 3.05) is 13.1 Å². The van der Waals surface area contributed by atoms with Crippen LogP contribution >= 0.6 is 12.2 Å². The highest BCUT2D eigenvalue weighted by atomic mass is 32.1. The molecule has 0 aliphatic rings. The summed E-state index contributed by atoms with van der Waals surface area (Å²) >= 11 is 4.78. The van der Waals surface area contributed by atoms with E-state index in [2.05, 4.69) is 11.9 Å². The lowest BCUT2D eigenvalue weighted by molar-refractivity contribution is 0.655. The van der Waals surface area contributed by atoms with E-state index in [9.17, 15) is 0 Å². The van der Waals surface area contributed by atoms with Crippen molar-refractivity contribution in [3.63, 3.8) is 0 Å². The van der Waals surface area contributed by atoms with Gasteiger partial charge in [-0.05, 0) is 0 Å². The van der Waals surface area contributed by atoms with E-state index >= 15 is 0 Å². The topological polar surface area (TPSA) is 38.0 Å². The molecule has 0 fully saturated rings. The van der Waals surface area contributed by atoms with Crippen LogP contribution in [0.5, 0.6) is 0 Å². The molecule has 3 N–H and O–H groups in total. The van der Waals surface area contributed by atoms with Crippen LogP contribution in [0.1, 0.15) is 6.92 Å². The van der Waals surface area contributed by atoms with E-state index in [1.54, 1.807) is 0 Å². The normalized spacial score (nSPS) is 12.5. The first-order valence-electron chi connectivity index (χ1n) is 3.29. The number of hydrogen-bond acceptors (Lipinski definition) is 2. The first-order valence-corrected chi connectivity index (χ1v) is 3.70. The summed E-state index contributed by atoms with van der Waals surface area (Å²) in [4.78, 5) is 0.566. The molecule has 10 heavy (non-hydrogen) atoms. The minimum absolute atomic E-state index is 0.273. The fourth-order valence-corrected chi connectivity index (χ4v) is 0.586. The van der Waals surface area contributed by atoms with Gasteiger partial charge in [-0.2, -0.15) is 0 Å². The maximum Gasteiger partial charge on any atom is 0.0768 e. The molecule has 0 heterocycles.